The molecular weight excluding hydrogens is 205 g/mol. The van der Waals surface area contributed by atoms with E-state index < -0.39 is 12.3 Å². The van der Waals surface area contributed by atoms with Crippen LogP contribution in [0.2, 0.25) is 0 Å². The third-order valence-electron chi connectivity index (χ3n) is 2.22. The van der Waals surface area contributed by atoms with E-state index in [4.69, 9.17) is 5.11 Å². The topological polar surface area (TPSA) is 20.2 Å². The average molecular weight is 218 g/mol. The molecule has 0 radical (unpaired) electrons. The Kier molecular flexibility index (Phi) is 3.39. The van der Waals surface area contributed by atoms with E-state index in [-0.39, 0.29) is 11.5 Å². The maximum atomic E-state index is 12.3. The van der Waals surface area contributed by atoms with Gasteiger partial charge in [0, 0.05) is 0 Å². The molecule has 0 bridgehead atoms. The molecule has 0 aliphatic heterocycles. The number of rotatable bonds is 2. The highest BCUT2D eigenvalue weighted by Crippen LogP contribution is 2.35. The summed E-state index contributed by atoms with van der Waals surface area (Å²) in [5.74, 6) is -0.0433. The third-order valence-corrected chi connectivity index (χ3v) is 2.22. The van der Waals surface area contributed by atoms with E-state index in [1.807, 2.05) is 0 Å². The van der Waals surface area contributed by atoms with Crippen LogP contribution in [0.4, 0.5) is 13.2 Å². The van der Waals surface area contributed by atoms with Gasteiger partial charge in [-0.3, -0.25) is 0 Å². The maximum Gasteiger partial charge on any atom is 0.418 e. The van der Waals surface area contributed by atoms with E-state index in [0.29, 0.717) is 5.56 Å². The summed E-state index contributed by atoms with van der Waals surface area (Å²) in [5.41, 5.74) is 0.474. The average Bonchev–Trinajstić information content (AvgIpc) is 2.15. The predicted octanol–water partition coefficient (Wildman–Crippen LogP) is 3.41. The van der Waals surface area contributed by atoms with Crippen LogP contribution >= 0.6 is 0 Å². The van der Waals surface area contributed by atoms with Crippen LogP contribution in [0.15, 0.2) is 24.3 Å². The van der Waals surface area contributed by atoms with Gasteiger partial charge in [0.2, 0.25) is 0 Å². The van der Waals surface area contributed by atoms with Crippen molar-refractivity contribution in [1.82, 2.24) is 0 Å². The fourth-order valence-electron chi connectivity index (χ4n) is 1.46. The first-order chi connectivity index (χ1) is 6.84. The van der Waals surface area contributed by atoms with Crippen molar-refractivity contribution in [2.75, 3.05) is 0 Å². The van der Waals surface area contributed by atoms with Crippen LogP contribution in [0.1, 0.15) is 37.0 Å². The third kappa shape index (κ3) is 2.72. The molecule has 15 heavy (non-hydrogen) atoms. The summed E-state index contributed by atoms with van der Waals surface area (Å²) in [4.78, 5) is 0. The number of halogens is 3. The molecule has 0 heterocycles. The van der Waals surface area contributed by atoms with Crippen LogP contribution < -0.4 is 0 Å². The van der Waals surface area contributed by atoms with E-state index in [0.717, 1.165) is 0 Å². The Bertz CT molecular complexity index is 331. The molecule has 1 atom stereocenters. The summed E-state index contributed by atoms with van der Waals surface area (Å²) < 4.78 is 37.0. The number of aliphatic hydroxyl groups is 1. The first kappa shape index (κ1) is 12.0. The molecule has 0 spiro atoms. The highest BCUT2D eigenvalue weighted by Gasteiger charge is 2.40. The molecule has 0 aliphatic rings. The van der Waals surface area contributed by atoms with Crippen LogP contribution in [0, 0.1) is 0 Å². The molecule has 0 unspecified atom stereocenters. The van der Waals surface area contributed by atoms with Gasteiger partial charge in [0.05, 0.1) is 0 Å². The van der Waals surface area contributed by atoms with Gasteiger partial charge in [-0.25, -0.2) is 0 Å². The zero-order chi connectivity index (χ0) is 11.6. The van der Waals surface area contributed by atoms with Crippen LogP contribution in [0.5, 0.6) is 0 Å². The summed E-state index contributed by atoms with van der Waals surface area (Å²) in [6.45, 7) is 3.59. The predicted molar refractivity (Wildman–Crippen MR) is 51.5 cm³/mol. The summed E-state index contributed by atoms with van der Waals surface area (Å²) in [6.07, 6.45) is -7.00. The van der Waals surface area contributed by atoms with Gasteiger partial charge >= 0.3 is 6.18 Å². The van der Waals surface area contributed by atoms with Gasteiger partial charge in [-0.1, -0.05) is 38.1 Å². The van der Waals surface area contributed by atoms with Gasteiger partial charge in [-0.05, 0) is 17.0 Å². The van der Waals surface area contributed by atoms with Crippen molar-refractivity contribution in [2.45, 2.75) is 32.0 Å². The van der Waals surface area contributed by atoms with Crippen LogP contribution in [-0.2, 0) is 0 Å². The molecule has 0 aromatic heterocycles. The Labute approximate surface area is 86.5 Å². The van der Waals surface area contributed by atoms with Crippen molar-refractivity contribution in [3.05, 3.63) is 35.4 Å². The Balaban J connectivity index is 3.14. The fraction of sp³-hybridized carbons (Fsp3) is 0.455. The minimum Gasteiger partial charge on any atom is -0.379 e. The molecule has 0 saturated heterocycles. The number of hydrogen-bond acceptors (Lipinski definition) is 1. The lowest BCUT2D eigenvalue weighted by molar-refractivity contribution is -0.207. The molecule has 1 rings (SSSR count). The van der Waals surface area contributed by atoms with Gasteiger partial charge in [0.1, 0.15) is 0 Å². The number of alkyl halides is 3. The molecular formula is C11H13F3O. The first-order valence-electron chi connectivity index (χ1n) is 4.67. The molecule has 0 fully saturated rings. The van der Waals surface area contributed by atoms with Crippen molar-refractivity contribution in [3.63, 3.8) is 0 Å². The fourth-order valence-corrected chi connectivity index (χ4v) is 1.46. The van der Waals surface area contributed by atoms with E-state index >= 15 is 0 Å². The standard InChI is InChI=1S/C11H13F3O/c1-7(2)8-5-3-4-6-9(8)10(15)11(12,13)14/h3-7,10,15H,1-2H3/t10-/m0/s1. The number of hydrogen-bond donors (Lipinski definition) is 1. The molecule has 1 aromatic rings. The van der Waals surface area contributed by atoms with Crippen molar-refractivity contribution in [3.8, 4) is 0 Å². The zero-order valence-electron chi connectivity index (χ0n) is 8.55. The van der Waals surface area contributed by atoms with Crippen LogP contribution in [0.25, 0.3) is 0 Å². The van der Waals surface area contributed by atoms with E-state index in [9.17, 15) is 13.2 Å². The highest BCUT2D eigenvalue weighted by molar-refractivity contribution is 5.32. The van der Waals surface area contributed by atoms with Gasteiger partial charge in [0.15, 0.2) is 6.10 Å². The lowest BCUT2D eigenvalue weighted by Crippen LogP contribution is -2.21. The highest BCUT2D eigenvalue weighted by atomic mass is 19.4. The molecule has 0 saturated carbocycles. The molecule has 1 aromatic carbocycles. The lowest BCUT2D eigenvalue weighted by atomic mass is 9.94. The van der Waals surface area contributed by atoms with E-state index in [2.05, 4.69) is 0 Å². The van der Waals surface area contributed by atoms with Gasteiger partial charge in [0.25, 0.3) is 0 Å². The molecule has 4 heteroatoms. The summed E-state index contributed by atoms with van der Waals surface area (Å²) >= 11 is 0. The largest absolute Gasteiger partial charge is 0.418 e. The van der Waals surface area contributed by atoms with Gasteiger partial charge in [-0.2, -0.15) is 13.2 Å². The summed E-state index contributed by atoms with van der Waals surface area (Å²) in [7, 11) is 0. The summed E-state index contributed by atoms with van der Waals surface area (Å²) in [6, 6.07) is 6.08. The lowest BCUT2D eigenvalue weighted by Gasteiger charge is -2.19. The van der Waals surface area contributed by atoms with E-state index in [1.54, 1.807) is 26.0 Å². The van der Waals surface area contributed by atoms with Crippen molar-refractivity contribution in [2.24, 2.45) is 0 Å². The van der Waals surface area contributed by atoms with Crippen molar-refractivity contribution >= 4 is 0 Å². The van der Waals surface area contributed by atoms with Crippen molar-refractivity contribution in [1.29, 1.82) is 0 Å². The van der Waals surface area contributed by atoms with E-state index in [1.165, 1.54) is 12.1 Å². The number of aliphatic hydroxyl groups excluding tert-OH is 1. The SMILES string of the molecule is CC(C)c1ccccc1[C@H](O)C(F)(F)F. The first-order valence-corrected chi connectivity index (χ1v) is 4.67. The molecule has 0 amide bonds. The Morgan fingerprint density at radius 2 is 1.53 bits per heavy atom. The molecule has 0 aliphatic carbocycles. The molecule has 1 nitrogen and oxygen atoms in total. The second-order valence-corrected chi connectivity index (χ2v) is 3.73. The van der Waals surface area contributed by atoms with Crippen LogP contribution in [-0.4, -0.2) is 11.3 Å². The quantitative estimate of drug-likeness (QED) is 0.806. The minimum atomic E-state index is -4.61. The molecule has 1 N–H and O–H groups in total. The zero-order valence-corrected chi connectivity index (χ0v) is 8.55. The second kappa shape index (κ2) is 4.23. The monoisotopic (exact) mass is 218 g/mol. The Morgan fingerprint density at radius 1 is 1.07 bits per heavy atom. The minimum absolute atomic E-state index is 0.0433. The Morgan fingerprint density at radius 3 is 1.93 bits per heavy atom. The smallest absolute Gasteiger partial charge is 0.379 e. The maximum absolute atomic E-state index is 12.3. The van der Waals surface area contributed by atoms with Crippen LogP contribution in [0.3, 0.4) is 0 Å². The van der Waals surface area contributed by atoms with Gasteiger partial charge < -0.3 is 5.11 Å². The molecule has 84 valence electrons. The Hall–Kier alpha value is -1.03. The second-order valence-electron chi connectivity index (χ2n) is 3.73. The summed E-state index contributed by atoms with van der Waals surface area (Å²) in [5, 5.41) is 9.16. The normalized spacial score (nSPS) is 14.3. The number of benzene rings is 1. The van der Waals surface area contributed by atoms with Crippen molar-refractivity contribution < 1.29 is 18.3 Å². The van der Waals surface area contributed by atoms with Gasteiger partial charge in [-0.15, -0.1) is 0 Å².